The van der Waals surface area contributed by atoms with E-state index in [1.54, 1.807) is 23.0 Å². The van der Waals surface area contributed by atoms with Crippen molar-refractivity contribution >= 4 is 23.3 Å². The molecule has 0 aromatic rings. The molecule has 6 heteroatoms. The van der Waals surface area contributed by atoms with Crippen molar-refractivity contribution in [3.8, 4) is 0 Å². The highest BCUT2D eigenvalue weighted by atomic mass is 32.1. The second kappa shape index (κ2) is 7.24. The molecule has 17 heavy (non-hydrogen) atoms. The van der Waals surface area contributed by atoms with Gasteiger partial charge in [0.1, 0.15) is 0 Å². The summed E-state index contributed by atoms with van der Waals surface area (Å²) in [5, 5.41) is 16.0. The number of nitrogens with zero attached hydrogens (tertiary/aromatic N) is 2. The van der Waals surface area contributed by atoms with E-state index in [1.165, 1.54) is 0 Å². The van der Waals surface area contributed by atoms with E-state index in [9.17, 15) is 4.79 Å². The zero-order chi connectivity index (χ0) is 13.6. The third-order valence-electron chi connectivity index (χ3n) is 2.54. The summed E-state index contributed by atoms with van der Waals surface area (Å²) in [5.41, 5.74) is 0. The number of aliphatic carboxylic acids is 1. The van der Waals surface area contributed by atoms with E-state index in [1.807, 2.05) is 21.0 Å². The highest BCUT2D eigenvalue weighted by molar-refractivity contribution is 7.80. The molecule has 0 bridgehead atoms. The number of carbonyl (C=O) groups is 1. The average molecular weight is 259 g/mol. The lowest BCUT2D eigenvalue weighted by Gasteiger charge is -2.38. The molecule has 0 aliphatic heterocycles. The first kappa shape index (κ1) is 15.9. The van der Waals surface area contributed by atoms with Crippen LogP contribution in [-0.2, 0) is 4.79 Å². The van der Waals surface area contributed by atoms with Gasteiger partial charge in [0.15, 0.2) is 5.11 Å². The Kier molecular flexibility index (Phi) is 6.75. The topological polar surface area (TPSA) is 55.8 Å². The first-order valence-electron chi connectivity index (χ1n) is 5.40. The number of hydrazine groups is 1. The Hall–Kier alpha value is -1.14. The van der Waals surface area contributed by atoms with Crippen LogP contribution in [0.2, 0.25) is 0 Å². The highest BCUT2D eigenvalue weighted by Gasteiger charge is 2.28. The first-order valence-corrected chi connectivity index (χ1v) is 5.81. The van der Waals surface area contributed by atoms with Crippen LogP contribution in [0, 0.1) is 5.92 Å². The van der Waals surface area contributed by atoms with Crippen molar-refractivity contribution in [2.75, 3.05) is 20.6 Å². The normalized spacial score (nSPS) is 13.9. The third kappa shape index (κ3) is 4.70. The molecule has 2 N–H and O–H groups in total. The summed E-state index contributed by atoms with van der Waals surface area (Å²) < 4.78 is 0. The predicted molar refractivity (Wildman–Crippen MR) is 72.6 cm³/mol. The van der Waals surface area contributed by atoms with E-state index >= 15 is 0 Å². The van der Waals surface area contributed by atoms with Gasteiger partial charge in [-0.15, -0.1) is 6.58 Å². The standard InChI is InChI=1S/C11H21N3O2S/c1-6-7-12-11(17)14(13(4)5)9(3)8(2)10(15)16/h6,8-9H,1,7H2,2-5H3,(H,12,17)(H,15,16). The average Bonchev–Trinajstić information content (AvgIpc) is 2.24. The van der Waals surface area contributed by atoms with Gasteiger partial charge in [-0.05, 0) is 26.1 Å². The first-order chi connectivity index (χ1) is 7.82. The Morgan fingerprint density at radius 2 is 2.06 bits per heavy atom. The van der Waals surface area contributed by atoms with E-state index in [0.29, 0.717) is 11.7 Å². The SMILES string of the molecule is C=CCNC(=S)N(C(C)C(C)C(=O)O)N(C)C. The fourth-order valence-corrected chi connectivity index (χ4v) is 1.80. The number of carboxylic acids is 1. The molecule has 0 radical (unpaired) electrons. The van der Waals surface area contributed by atoms with Crippen LogP contribution in [0.25, 0.3) is 0 Å². The molecule has 98 valence electrons. The zero-order valence-corrected chi connectivity index (χ0v) is 11.6. The van der Waals surface area contributed by atoms with Gasteiger partial charge in [0.25, 0.3) is 0 Å². The summed E-state index contributed by atoms with van der Waals surface area (Å²) in [4.78, 5) is 11.0. The van der Waals surface area contributed by atoms with Gasteiger partial charge in [-0.25, -0.2) is 5.01 Å². The van der Waals surface area contributed by atoms with Crippen LogP contribution < -0.4 is 5.32 Å². The monoisotopic (exact) mass is 259 g/mol. The molecule has 0 saturated heterocycles. The molecule has 0 amide bonds. The van der Waals surface area contributed by atoms with E-state index < -0.39 is 11.9 Å². The zero-order valence-electron chi connectivity index (χ0n) is 10.8. The number of thiocarbonyl (C=S) groups is 1. The number of nitrogens with one attached hydrogen (secondary N) is 1. The quantitative estimate of drug-likeness (QED) is 0.420. The predicted octanol–water partition coefficient (Wildman–Crippen LogP) is 0.935. The van der Waals surface area contributed by atoms with Crippen LogP contribution in [0.1, 0.15) is 13.8 Å². The maximum absolute atomic E-state index is 11.0. The molecule has 0 aromatic carbocycles. The Morgan fingerprint density at radius 1 is 1.53 bits per heavy atom. The number of hydrogen-bond acceptors (Lipinski definition) is 3. The molecule has 0 spiro atoms. The van der Waals surface area contributed by atoms with Crippen molar-refractivity contribution in [3.05, 3.63) is 12.7 Å². The summed E-state index contributed by atoms with van der Waals surface area (Å²) in [7, 11) is 3.65. The molecule has 0 rings (SSSR count). The Labute approximate surface area is 108 Å². The summed E-state index contributed by atoms with van der Waals surface area (Å²) in [6.45, 7) is 7.65. The van der Waals surface area contributed by atoms with Gasteiger partial charge < -0.3 is 10.4 Å². The molecule has 0 saturated carbocycles. The lowest BCUT2D eigenvalue weighted by molar-refractivity contribution is -0.144. The van der Waals surface area contributed by atoms with Gasteiger partial charge in [-0.2, -0.15) is 0 Å². The Bertz CT molecular complexity index is 294. The minimum atomic E-state index is -0.837. The third-order valence-corrected chi connectivity index (χ3v) is 2.87. The van der Waals surface area contributed by atoms with Crippen molar-refractivity contribution in [2.24, 2.45) is 5.92 Å². The molecule has 2 atom stereocenters. The second-order valence-electron chi connectivity index (χ2n) is 4.03. The van der Waals surface area contributed by atoms with Crippen molar-refractivity contribution in [1.82, 2.24) is 15.3 Å². The molecular weight excluding hydrogens is 238 g/mol. The molecular formula is C11H21N3O2S. The Balaban J connectivity index is 4.78. The van der Waals surface area contributed by atoms with Gasteiger partial charge in [0.05, 0.1) is 12.0 Å². The van der Waals surface area contributed by atoms with Gasteiger partial charge in [0.2, 0.25) is 0 Å². The summed E-state index contributed by atoms with van der Waals surface area (Å²) in [6, 6.07) is -0.229. The van der Waals surface area contributed by atoms with Gasteiger partial charge >= 0.3 is 5.97 Å². The minimum absolute atomic E-state index is 0.229. The van der Waals surface area contributed by atoms with Gasteiger partial charge in [-0.1, -0.05) is 6.08 Å². The van der Waals surface area contributed by atoms with Crippen LogP contribution in [0.3, 0.4) is 0 Å². The van der Waals surface area contributed by atoms with Crippen LogP contribution in [0.15, 0.2) is 12.7 Å². The smallest absolute Gasteiger partial charge is 0.308 e. The minimum Gasteiger partial charge on any atom is -0.481 e. The number of hydrogen-bond donors (Lipinski definition) is 2. The second-order valence-corrected chi connectivity index (χ2v) is 4.42. The lowest BCUT2D eigenvalue weighted by Crippen LogP contribution is -2.54. The van der Waals surface area contributed by atoms with Crippen molar-refractivity contribution in [1.29, 1.82) is 0 Å². The van der Waals surface area contributed by atoms with Crippen molar-refractivity contribution in [2.45, 2.75) is 19.9 Å². The highest BCUT2D eigenvalue weighted by Crippen LogP contribution is 2.12. The fourth-order valence-electron chi connectivity index (χ4n) is 1.39. The van der Waals surface area contributed by atoms with Crippen LogP contribution >= 0.6 is 12.2 Å². The molecule has 0 aromatic heterocycles. The Morgan fingerprint density at radius 3 is 2.41 bits per heavy atom. The molecule has 0 aliphatic carbocycles. The molecule has 0 heterocycles. The van der Waals surface area contributed by atoms with Gasteiger partial charge in [-0.3, -0.25) is 9.80 Å². The maximum atomic E-state index is 11.0. The number of carboxylic acid groups (broad SMARTS) is 1. The molecule has 5 nitrogen and oxygen atoms in total. The van der Waals surface area contributed by atoms with Crippen molar-refractivity contribution < 1.29 is 9.90 Å². The molecule has 2 unspecified atom stereocenters. The lowest BCUT2D eigenvalue weighted by atomic mass is 10.0. The summed E-state index contributed by atoms with van der Waals surface area (Å²) >= 11 is 5.23. The fraction of sp³-hybridized carbons (Fsp3) is 0.636. The van der Waals surface area contributed by atoms with Crippen LogP contribution in [0.5, 0.6) is 0 Å². The molecule has 0 fully saturated rings. The summed E-state index contributed by atoms with van der Waals surface area (Å²) in [6.07, 6.45) is 1.70. The largest absolute Gasteiger partial charge is 0.481 e. The van der Waals surface area contributed by atoms with E-state index in [-0.39, 0.29) is 6.04 Å². The maximum Gasteiger partial charge on any atom is 0.308 e. The number of rotatable bonds is 6. The van der Waals surface area contributed by atoms with Gasteiger partial charge in [0, 0.05) is 20.6 Å². The molecule has 0 aliphatic rings. The van der Waals surface area contributed by atoms with Crippen molar-refractivity contribution in [3.63, 3.8) is 0 Å². The van der Waals surface area contributed by atoms with E-state index in [4.69, 9.17) is 17.3 Å². The van der Waals surface area contributed by atoms with E-state index in [2.05, 4.69) is 11.9 Å². The van der Waals surface area contributed by atoms with E-state index in [0.717, 1.165) is 0 Å². The van der Waals surface area contributed by atoms with Crippen LogP contribution in [-0.4, -0.2) is 52.9 Å². The van der Waals surface area contributed by atoms with Crippen LogP contribution in [0.4, 0.5) is 0 Å². The summed E-state index contributed by atoms with van der Waals surface area (Å²) in [5.74, 6) is -1.35.